The highest BCUT2D eigenvalue weighted by atomic mass is 16.6. The first-order valence-corrected chi connectivity index (χ1v) is 4.04. The van der Waals surface area contributed by atoms with Gasteiger partial charge in [0.1, 0.15) is 0 Å². The summed E-state index contributed by atoms with van der Waals surface area (Å²) < 4.78 is 4.92. The van der Waals surface area contributed by atoms with Crippen LogP contribution in [0.4, 0.5) is 0 Å². The molecule has 0 saturated carbocycles. The van der Waals surface area contributed by atoms with Crippen molar-refractivity contribution in [1.29, 1.82) is 0 Å². The normalized spacial score (nSPS) is 15.6. The van der Waals surface area contributed by atoms with Crippen LogP contribution >= 0.6 is 0 Å². The van der Waals surface area contributed by atoms with Crippen molar-refractivity contribution in [2.75, 3.05) is 7.11 Å². The molecule has 1 atom stereocenters. The molecule has 1 radical (unpaired) electrons. The van der Waals surface area contributed by atoms with E-state index in [1.54, 1.807) is 12.1 Å². The zero-order valence-corrected chi connectivity index (χ0v) is 7.41. The second kappa shape index (κ2) is 3.70. The number of rotatable bonds is 3. The molecule has 0 fully saturated rings. The molecule has 0 aromatic heterocycles. The Morgan fingerprint density at radius 1 is 1.33 bits per heavy atom. The fourth-order valence-corrected chi connectivity index (χ4v) is 1.16. The maximum Gasteiger partial charge on any atom is 0.227 e. The van der Waals surface area contributed by atoms with Gasteiger partial charge in [-0.05, 0) is 0 Å². The van der Waals surface area contributed by atoms with Gasteiger partial charge in [-0.1, -0.05) is 37.3 Å². The Labute approximate surface area is 72.8 Å². The number of hydrogen-bond acceptors (Lipinski definition) is 1. The van der Waals surface area contributed by atoms with Crippen molar-refractivity contribution in [3.63, 3.8) is 0 Å². The summed E-state index contributed by atoms with van der Waals surface area (Å²) in [5.41, 5.74) is 0.690. The molecule has 2 nitrogen and oxygen atoms in total. The van der Waals surface area contributed by atoms with Crippen LogP contribution in [0.2, 0.25) is 0 Å². The molecule has 1 rings (SSSR count). The Hall–Kier alpha value is -0.860. The van der Waals surface area contributed by atoms with E-state index in [4.69, 9.17) is 4.74 Å². The van der Waals surface area contributed by atoms with Crippen LogP contribution in [0, 0.1) is 0 Å². The van der Waals surface area contributed by atoms with Crippen molar-refractivity contribution in [2.45, 2.75) is 19.1 Å². The van der Waals surface area contributed by atoms with Gasteiger partial charge in [0.2, 0.25) is 5.79 Å². The molecule has 1 aromatic rings. The van der Waals surface area contributed by atoms with Crippen molar-refractivity contribution in [3.8, 4) is 0 Å². The largest absolute Gasteiger partial charge is 0.347 e. The van der Waals surface area contributed by atoms with E-state index >= 15 is 0 Å². The zero-order chi connectivity index (χ0) is 9.03. The first-order chi connectivity index (χ1) is 5.73. The minimum atomic E-state index is -1.37. The molecule has 1 unspecified atom stereocenters. The van der Waals surface area contributed by atoms with Crippen LogP contribution in [0.15, 0.2) is 30.3 Å². The van der Waals surface area contributed by atoms with Gasteiger partial charge in [-0.25, -0.2) is 0 Å². The van der Waals surface area contributed by atoms with Crippen LogP contribution in [0.1, 0.15) is 18.9 Å². The van der Waals surface area contributed by atoms with Crippen LogP contribution in [-0.2, 0) is 15.6 Å². The van der Waals surface area contributed by atoms with Gasteiger partial charge in [-0.2, -0.15) is 5.11 Å². The number of ether oxygens (including phenoxy) is 1. The van der Waals surface area contributed by atoms with E-state index in [9.17, 15) is 5.11 Å². The van der Waals surface area contributed by atoms with Crippen LogP contribution in [0.5, 0.6) is 0 Å². The fourth-order valence-electron chi connectivity index (χ4n) is 1.16. The minimum Gasteiger partial charge on any atom is -0.347 e. The van der Waals surface area contributed by atoms with Gasteiger partial charge in [-0.3, -0.25) is 0 Å². The fraction of sp³-hybridized carbons (Fsp3) is 0.400. The lowest BCUT2D eigenvalue weighted by molar-refractivity contribution is -0.236. The highest BCUT2D eigenvalue weighted by Crippen LogP contribution is 2.25. The molecule has 0 spiro atoms. The third kappa shape index (κ3) is 1.65. The van der Waals surface area contributed by atoms with Crippen molar-refractivity contribution in [1.82, 2.24) is 0 Å². The summed E-state index contributed by atoms with van der Waals surface area (Å²) in [5, 5.41) is 11.8. The number of hydrogen-bond donors (Lipinski definition) is 0. The lowest BCUT2D eigenvalue weighted by Gasteiger charge is -2.22. The first-order valence-electron chi connectivity index (χ1n) is 4.04. The van der Waals surface area contributed by atoms with Crippen molar-refractivity contribution in [3.05, 3.63) is 35.9 Å². The molecule has 2 heteroatoms. The van der Waals surface area contributed by atoms with E-state index < -0.39 is 5.79 Å². The quantitative estimate of drug-likeness (QED) is 0.632. The summed E-state index contributed by atoms with van der Waals surface area (Å²) in [4.78, 5) is 0. The van der Waals surface area contributed by atoms with Crippen LogP contribution in [0.25, 0.3) is 0 Å². The predicted molar refractivity (Wildman–Crippen MR) is 46.1 cm³/mol. The number of benzene rings is 1. The molecule has 0 aliphatic rings. The van der Waals surface area contributed by atoms with Gasteiger partial charge in [0.05, 0.1) is 0 Å². The molecule has 1 aromatic carbocycles. The molecule has 0 bridgehead atoms. The van der Waals surface area contributed by atoms with E-state index in [0.29, 0.717) is 12.0 Å². The van der Waals surface area contributed by atoms with Crippen molar-refractivity contribution >= 4 is 0 Å². The van der Waals surface area contributed by atoms with Crippen LogP contribution < -0.4 is 0 Å². The standard InChI is InChI=1S/C10H13O2/c1-3-10(11,12-2)9-7-5-4-6-8-9/h4-8H,3H2,1-2H3. The predicted octanol–water partition coefficient (Wildman–Crippen LogP) is 2.33. The molecule has 65 valence electrons. The zero-order valence-electron chi connectivity index (χ0n) is 7.41. The van der Waals surface area contributed by atoms with E-state index in [2.05, 4.69) is 0 Å². The Kier molecular flexibility index (Phi) is 2.84. The third-order valence-corrected chi connectivity index (χ3v) is 2.01. The molecule has 0 N–H and O–H groups in total. The smallest absolute Gasteiger partial charge is 0.227 e. The summed E-state index contributed by atoms with van der Waals surface area (Å²) in [7, 11) is 1.45. The highest BCUT2D eigenvalue weighted by molar-refractivity contribution is 5.19. The maximum absolute atomic E-state index is 11.8. The Bertz CT molecular complexity index is 227. The third-order valence-electron chi connectivity index (χ3n) is 2.01. The van der Waals surface area contributed by atoms with E-state index in [0.717, 1.165) is 0 Å². The van der Waals surface area contributed by atoms with E-state index in [-0.39, 0.29) is 0 Å². The number of methoxy groups -OCH3 is 1. The maximum atomic E-state index is 11.8. The molecular weight excluding hydrogens is 152 g/mol. The minimum absolute atomic E-state index is 0.438. The summed E-state index contributed by atoms with van der Waals surface area (Å²) in [6.45, 7) is 1.82. The summed E-state index contributed by atoms with van der Waals surface area (Å²) in [5.74, 6) is -1.37. The van der Waals surface area contributed by atoms with Crippen molar-refractivity contribution < 1.29 is 9.84 Å². The van der Waals surface area contributed by atoms with Gasteiger partial charge in [0, 0.05) is 19.1 Å². The van der Waals surface area contributed by atoms with E-state index in [1.165, 1.54) is 7.11 Å². The Morgan fingerprint density at radius 2 is 1.92 bits per heavy atom. The Balaban J connectivity index is 2.95. The summed E-state index contributed by atoms with van der Waals surface area (Å²) in [6.07, 6.45) is 0.438. The molecule has 0 aliphatic carbocycles. The Morgan fingerprint density at radius 3 is 2.33 bits per heavy atom. The molecule has 0 amide bonds. The van der Waals surface area contributed by atoms with Crippen LogP contribution in [0.3, 0.4) is 0 Å². The SMILES string of the molecule is CCC([O])(OC)c1ccccc1. The lowest BCUT2D eigenvalue weighted by Crippen LogP contribution is -2.24. The summed E-state index contributed by atoms with van der Waals surface area (Å²) in [6, 6.07) is 9.16. The van der Waals surface area contributed by atoms with Gasteiger partial charge in [-0.15, -0.1) is 0 Å². The summed E-state index contributed by atoms with van der Waals surface area (Å²) >= 11 is 0. The average molecular weight is 165 g/mol. The monoisotopic (exact) mass is 165 g/mol. The average Bonchev–Trinajstić information content (AvgIpc) is 2.18. The van der Waals surface area contributed by atoms with Gasteiger partial charge in [0.15, 0.2) is 0 Å². The highest BCUT2D eigenvalue weighted by Gasteiger charge is 2.28. The second-order valence-corrected chi connectivity index (χ2v) is 2.68. The van der Waals surface area contributed by atoms with Gasteiger partial charge < -0.3 is 4.74 Å². The van der Waals surface area contributed by atoms with Crippen molar-refractivity contribution in [2.24, 2.45) is 0 Å². The lowest BCUT2D eigenvalue weighted by atomic mass is 10.0. The molecule has 0 saturated heterocycles. The second-order valence-electron chi connectivity index (χ2n) is 2.68. The topological polar surface area (TPSA) is 29.1 Å². The molecule has 12 heavy (non-hydrogen) atoms. The molecule has 0 aliphatic heterocycles. The van der Waals surface area contributed by atoms with Gasteiger partial charge in [0.25, 0.3) is 0 Å². The van der Waals surface area contributed by atoms with E-state index in [1.807, 2.05) is 25.1 Å². The van der Waals surface area contributed by atoms with Gasteiger partial charge >= 0.3 is 0 Å². The first kappa shape index (κ1) is 9.23. The molecule has 0 heterocycles. The molecular formula is C10H13O2. The van der Waals surface area contributed by atoms with Crippen LogP contribution in [-0.4, -0.2) is 7.11 Å².